The molecule has 1 aliphatic carbocycles. The Morgan fingerprint density at radius 1 is 1.16 bits per heavy atom. The summed E-state index contributed by atoms with van der Waals surface area (Å²) < 4.78 is 0. The average Bonchev–Trinajstić information content (AvgIpc) is 3.04. The summed E-state index contributed by atoms with van der Waals surface area (Å²) in [4.78, 5) is 14.3. The van der Waals surface area contributed by atoms with E-state index in [9.17, 15) is 4.79 Å². The third-order valence-electron chi connectivity index (χ3n) is 4.70. The molecule has 0 saturated heterocycles. The second-order valence-electron chi connectivity index (χ2n) is 6.67. The lowest BCUT2D eigenvalue weighted by atomic mass is 10.1. The summed E-state index contributed by atoms with van der Waals surface area (Å²) in [6.45, 7) is 0.480. The molecule has 0 fully saturated rings. The number of urea groups is 1. The van der Waals surface area contributed by atoms with Crippen LogP contribution >= 0.6 is 11.6 Å². The van der Waals surface area contributed by atoms with E-state index in [-0.39, 0.29) is 12.1 Å². The second-order valence-corrected chi connectivity index (χ2v) is 7.08. The molecular formula is C20H24ClN3O. The van der Waals surface area contributed by atoms with Crippen molar-refractivity contribution in [1.82, 2.24) is 10.2 Å². The van der Waals surface area contributed by atoms with E-state index in [2.05, 4.69) is 27.7 Å². The Labute approximate surface area is 154 Å². The molecule has 0 radical (unpaired) electrons. The summed E-state index contributed by atoms with van der Waals surface area (Å²) in [5, 5.41) is 6.60. The van der Waals surface area contributed by atoms with E-state index in [1.807, 2.05) is 44.4 Å². The predicted molar refractivity (Wildman–Crippen MR) is 103 cm³/mol. The van der Waals surface area contributed by atoms with Gasteiger partial charge in [0.25, 0.3) is 0 Å². The zero-order chi connectivity index (χ0) is 17.8. The molecule has 0 heterocycles. The van der Waals surface area contributed by atoms with E-state index in [1.165, 1.54) is 17.5 Å². The summed E-state index contributed by atoms with van der Waals surface area (Å²) in [5.74, 6) is 0. The molecule has 132 valence electrons. The fourth-order valence-corrected chi connectivity index (χ4v) is 3.59. The second kappa shape index (κ2) is 7.89. The highest BCUT2D eigenvalue weighted by molar-refractivity contribution is 6.31. The van der Waals surface area contributed by atoms with Crippen molar-refractivity contribution in [3.8, 4) is 0 Å². The monoisotopic (exact) mass is 357 g/mol. The molecule has 4 nitrogen and oxygen atoms in total. The number of carbonyl (C=O) groups excluding carboxylic acids is 1. The molecule has 0 spiro atoms. The molecule has 2 amide bonds. The maximum Gasteiger partial charge on any atom is 0.319 e. The van der Waals surface area contributed by atoms with Gasteiger partial charge in [-0.05, 0) is 68.2 Å². The number of carbonyl (C=O) groups is 1. The van der Waals surface area contributed by atoms with Crippen molar-refractivity contribution >= 4 is 23.3 Å². The minimum Gasteiger partial charge on any atom is -0.336 e. The van der Waals surface area contributed by atoms with Crippen molar-refractivity contribution in [2.45, 2.75) is 25.3 Å². The van der Waals surface area contributed by atoms with Crippen LogP contribution in [0.4, 0.5) is 10.5 Å². The van der Waals surface area contributed by atoms with Crippen molar-refractivity contribution < 1.29 is 4.79 Å². The molecule has 0 saturated carbocycles. The van der Waals surface area contributed by atoms with E-state index in [0.717, 1.165) is 24.1 Å². The lowest BCUT2D eigenvalue weighted by Gasteiger charge is -2.26. The molecule has 0 aliphatic heterocycles. The van der Waals surface area contributed by atoms with Crippen molar-refractivity contribution in [2.75, 3.05) is 26.0 Å². The van der Waals surface area contributed by atoms with Crippen LogP contribution in [0, 0.1) is 0 Å². The fraction of sp³-hybridized carbons (Fsp3) is 0.350. The normalized spacial score (nSPS) is 14.2. The lowest BCUT2D eigenvalue weighted by Crippen LogP contribution is -2.37. The Balaban J connectivity index is 1.61. The molecule has 1 unspecified atom stereocenters. The molecule has 2 aromatic rings. The van der Waals surface area contributed by atoms with Gasteiger partial charge in [-0.1, -0.05) is 35.9 Å². The number of benzene rings is 2. The van der Waals surface area contributed by atoms with Crippen LogP contribution in [0.25, 0.3) is 0 Å². The standard InChI is InChI=1S/C20H24ClN3O/c1-24(2)19(17-8-3-4-9-18(17)21)13-22-20(25)23-16-11-10-14-6-5-7-15(14)12-16/h3-4,8-12,19H,5-7,13H2,1-2H3,(H2,22,23,25). The largest absolute Gasteiger partial charge is 0.336 e. The van der Waals surface area contributed by atoms with E-state index in [0.29, 0.717) is 11.6 Å². The number of likely N-dealkylation sites (N-methyl/N-ethyl adjacent to an activating group) is 1. The van der Waals surface area contributed by atoms with Crippen molar-refractivity contribution in [1.29, 1.82) is 0 Å². The van der Waals surface area contributed by atoms with Gasteiger partial charge in [0, 0.05) is 17.3 Å². The number of nitrogens with one attached hydrogen (secondary N) is 2. The number of amides is 2. The first kappa shape index (κ1) is 17.8. The van der Waals surface area contributed by atoms with Crippen LogP contribution in [0.3, 0.4) is 0 Å². The van der Waals surface area contributed by atoms with Crippen LogP contribution in [0.1, 0.15) is 29.2 Å². The lowest BCUT2D eigenvalue weighted by molar-refractivity contribution is 0.243. The average molecular weight is 358 g/mol. The highest BCUT2D eigenvalue weighted by Crippen LogP contribution is 2.26. The van der Waals surface area contributed by atoms with E-state index < -0.39 is 0 Å². The Hall–Kier alpha value is -2.04. The van der Waals surface area contributed by atoms with Crippen LogP contribution in [-0.4, -0.2) is 31.6 Å². The smallest absolute Gasteiger partial charge is 0.319 e. The minimum absolute atomic E-state index is 0.0134. The molecule has 2 aromatic carbocycles. The number of rotatable bonds is 5. The van der Waals surface area contributed by atoms with Gasteiger partial charge in [-0.15, -0.1) is 0 Å². The first-order valence-electron chi connectivity index (χ1n) is 8.62. The summed E-state index contributed by atoms with van der Waals surface area (Å²) >= 11 is 6.31. The summed E-state index contributed by atoms with van der Waals surface area (Å²) in [7, 11) is 3.96. The SMILES string of the molecule is CN(C)C(CNC(=O)Nc1ccc2c(c1)CCC2)c1ccccc1Cl. The number of halogens is 1. The Morgan fingerprint density at radius 3 is 2.68 bits per heavy atom. The van der Waals surface area contributed by atoms with Crippen LogP contribution in [0.5, 0.6) is 0 Å². The maximum atomic E-state index is 12.3. The molecular weight excluding hydrogens is 334 g/mol. The number of hydrogen-bond acceptors (Lipinski definition) is 2. The highest BCUT2D eigenvalue weighted by Gasteiger charge is 2.18. The van der Waals surface area contributed by atoms with Gasteiger partial charge >= 0.3 is 6.03 Å². The Morgan fingerprint density at radius 2 is 1.92 bits per heavy atom. The number of aryl methyl sites for hydroxylation is 2. The number of anilines is 1. The van der Waals surface area contributed by atoms with Crippen LogP contribution in [0.2, 0.25) is 5.02 Å². The van der Waals surface area contributed by atoms with Gasteiger partial charge in [0.15, 0.2) is 0 Å². The van der Waals surface area contributed by atoms with E-state index in [4.69, 9.17) is 11.6 Å². The van der Waals surface area contributed by atoms with Crippen LogP contribution < -0.4 is 10.6 Å². The van der Waals surface area contributed by atoms with Gasteiger partial charge in [0.1, 0.15) is 0 Å². The molecule has 5 heteroatoms. The van der Waals surface area contributed by atoms with Gasteiger partial charge in [0.05, 0.1) is 6.04 Å². The molecule has 0 bridgehead atoms. The van der Waals surface area contributed by atoms with E-state index in [1.54, 1.807) is 0 Å². The predicted octanol–water partition coefficient (Wildman–Crippen LogP) is 4.25. The molecule has 1 atom stereocenters. The quantitative estimate of drug-likeness (QED) is 0.840. The van der Waals surface area contributed by atoms with Crippen LogP contribution in [-0.2, 0) is 12.8 Å². The summed E-state index contributed by atoms with van der Waals surface area (Å²) in [5.41, 5.74) is 4.60. The first-order valence-corrected chi connectivity index (χ1v) is 9.00. The van der Waals surface area contributed by atoms with Crippen molar-refractivity contribution in [2.24, 2.45) is 0 Å². The minimum atomic E-state index is -0.197. The highest BCUT2D eigenvalue weighted by atomic mass is 35.5. The molecule has 0 aromatic heterocycles. The molecule has 3 rings (SSSR count). The number of hydrogen-bond donors (Lipinski definition) is 2. The van der Waals surface area contributed by atoms with Crippen LogP contribution in [0.15, 0.2) is 42.5 Å². The van der Waals surface area contributed by atoms with Gasteiger partial charge < -0.3 is 15.5 Å². The molecule has 1 aliphatic rings. The van der Waals surface area contributed by atoms with Gasteiger partial charge in [-0.25, -0.2) is 4.79 Å². The maximum absolute atomic E-state index is 12.3. The van der Waals surface area contributed by atoms with Crippen molar-refractivity contribution in [3.63, 3.8) is 0 Å². The molecule has 25 heavy (non-hydrogen) atoms. The summed E-state index contributed by atoms with van der Waals surface area (Å²) in [6, 6.07) is 13.7. The number of nitrogens with zero attached hydrogens (tertiary/aromatic N) is 1. The number of fused-ring (bicyclic) bond motifs is 1. The first-order chi connectivity index (χ1) is 12.0. The fourth-order valence-electron chi connectivity index (χ4n) is 3.33. The van der Waals surface area contributed by atoms with Gasteiger partial charge in [-0.2, -0.15) is 0 Å². The summed E-state index contributed by atoms with van der Waals surface area (Å²) in [6.07, 6.45) is 3.44. The Kier molecular flexibility index (Phi) is 5.61. The topological polar surface area (TPSA) is 44.4 Å². The third-order valence-corrected chi connectivity index (χ3v) is 5.04. The Bertz CT molecular complexity index is 760. The van der Waals surface area contributed by atoms with Gasteiger partial charge in [-0.3, -0.25) is 0 Å². The van der Waals surface area contributed by atoms with E-state index >= 15 is 0 Å². The molecule has 2 N–H and O–H groups in total. The zero-order valence-corrected chi connectivity index (χ0v) is 15.4. The van der Waals surface area contributed by atoms with Crippen molar-refractivity contribution in [3.05, 3.63) is 64.2 Å². The van der Waals surface area contributed by atoms with Gasteiger partial charge in [0.2, 0.25) is 0 Å². The zero-order valence-electron chi connectivity index (χ0n) is 14.7. The third kappa shape index (κ3) is 4.33.